The van der Waals surface area contributed by atoms with E-state index in [1.807, 2.05) is 36.4 Å². The number of hydrogen-bond donors (Lipinski definition) is 2. The van der Waals surface area contributed by atoms with Gasteiger partial charge in [-0.05, 0) is 86.8 Å². The third-order valence-corrected chi connectivity index (χ3v) is 9.06. The van der Waals surface area contributed by atoms with Crippen LogP contribution >= 0.6 is 0 Å². The number of carbonyl (C=O) groups is 5. The first-order valence-electron chi connectivity index (χ1n) is 14.3. The molecule has 0 saturated heterocycles. The average Bonchev–Trinajstić information content (AvgIpc) is 2.99. The largest absolute Gasteiger partial charge is 0.355 e. The Morgan fingerprint density at radius 2 is 1.07 bits per heavy atom. The molecule has 5 amide bonds. The van der Waals surface area contributed by atoms with Crippen molar-refractivity contribution in [1.82, 2.24) is 10.6 Å². The summed E-state index contributed by atoms with van der Waals surface area (Å²) in [5, 5.41) is 6.26. The second-order valence-electron chi connectivity index (χ2n) is 11.5. The van der Waals surface area contributed by atoms with Gasteiger partial charge in [-0.15, -0.1) is 0 Å². The van der Waals surface area contributed by atoms with Crippen LogP contribution in [0.5, 0.6) is 0 Å². The van der Waals surface area contributed by atoms with Gasteiger partial charge in [0.15, 0.2) is 0 Å². The number of rotatable bonds is 11. The third kappa shape index (κ3) is 6.66. The predicted molar refractivity (Wildman–Crippen MR) is 157 cm³/mol. The Kier molecular flexibility index (Phi) is 9.25. The fourth-order valence-electron chi connectivity index (χ4n) is 6.09. The summed E-state index contributed by atoms with van der Waals surface area (Å²) in [6.07, 6.45) is 6.20. The lowest BCUT2D eigenvalue weighted by molar-refractivity contribution is -0.150. The average molecular weight is 561 g/mol. The second kappa shape index (κ2) is 12.7. The molecule has 41 heavy (non-hydrogen) atoms. The standard InChI is InChI=1S/C32H40N4O5/c1-23(38)35(3)27-8-4-25(5-9-27)12-20-33-29(40)31-14-17-32(18-15-31,19-16-31)30(41)34-21-13-26-6-10-28(11-7-26)36(22-37)24(2)39/h4-11,22H,12-21H2,1-3H3,(H,33,40)(H,34,41). The van der Waals surface area contributed by atoms with E-state index in [4.69, 9.17) is 0 Å². The van der Waals surface area contributed by atoms with E-state index >= 15 is 0 Å². The molecule has 0 unspecified atom stereocenters. The van der Waals surface area contributed by atoms with Crippen LogP contribution in [0.4, 0.5) is 11.4 Å². The van der Waals surface area contributed by atoms with E-state index in [2.05, 4.69) is 10.6 Å². The third-order valence-electron chi connectivity index (χ3n) is 9.06. The minimum Gasteiger partial charge on any atom is -0.355 e. The molecule has 2 N–H and O–H groups in total. The Labute approximate surface area is 241 Å². The van der Waals surface area contributed by atoms with Crippen molar-refractivity contribution in [3.8, 4) is 0 Å². The first-order valence-corrected chi connectivity index (χ1v) is 14.3. The van der Waals surface area contributed by atoms with Crippen molar-refractivity contribution in [2.24, 2.45) is 10.8 Å². The molecule has 5 rings (SSSR count). The maximum Gasteiger partial charge on any atom is 0.230 e. The van der Waals surface area contributed by atoms with Crippen LogP contribution < -0.4 is 20.4 Å². The molecule has 9 nitrogen and oxygen atoms in total. The molecule has 0 aliphatic heterocycles. The smallest absolute Gasteiger partial charge is 0.230 e. The van der Waals surface area contributed by atoms with Gasteiger partial charge in [0.2, 0.25) is 30.0 Å². The zero-order valence-corrected chi connectivity index (χ0v) is 24.2. The molecular weight excluding hydrogens is 520 g/mol. The van der Waals surface area contributed by atoms with Crippen molar-refractivity contribution >= 4 is 41.4 Å². The number of fused-ring (bicyclic) bond motifs is 3. The summed E-state index contributed by atoms with van der Waals surface area (Å²) in [5.74, 6) is -0.193. The summed E-state index contributed by atoms with van der Waals surface area (Å²) in [4.78, 5) is 63.3. The molecule has 0 aromatic heterocycles. The zero-order valence-electron chi connectivity index (χ0n) is 24.2. The molecule has 2 aromatic carbocycles. The molecule has 0 spiro atoms. The Balaban J connectivity index is 1.21. The highest BCUT2D eigenvalue weighted by atomic mass is 16.2. The fourth-order valence-corrected chi connectivity index (χ4v) is 6.09. The van der Waals surface area contributed by atoms with Gasteiger partial charge in [0.25, 0.3) is 0 Å². The number of nitrogens with zero attached hydrogens (tertiary/aromatic N) is 2. The molecule has 3 fully saturated rings. The van der Waals surface area contributed by atoms with E-state index in [9.17, 15) is 24.0 Å². The van der Waals surface area contributed by atoms with E-state index in [-0.39, 0.29) is 29.0 Å². The summed E-state index contributed by atoms with van der Waals surface area (Å²) in [5.41, 5.74) is 2.68. The van der Waals surface area contributed by atoms with Gasteiger partial charge in [0.1, 0.15) is 0 Å². The van der Waals surface area contributed by atoms with Crippen molar-refractivity contribution in [3.05, 3.63) is 59.7 Å². The first-order chi connectivity index (χ1) is 19.6. The monoisotopic (exact) mass is 560 g/mol. The van der Waals surface area contributed by atoms with E-state index in [1.165, 1.54) is 13.8 Å². The van der Waals surface area contributed by atoms with Crippen LogP contribution in [0, 0.1) is 10.8 Å². The van der Waals surface area contributed by atoms with E-state index in [0.29, 0.717) is 38.0 Å². The molecular formula is C32H40N4O5. The zero-order chi connectivity index (χ0) is 29.6. The van der Waals surface area contributed by atoms with Crippen LogP contribution in [0.15, 0.2) is 48.5 Å². The SMILES string of the molecule is CC(=O)N(C)c1ccc(CCNC(=O)C23CCC(C(=O)NCCc4ccc(N(C=O)C(C)=O)cc4)(CC2)CC3)cc1. The Hall–Kier alpha value is -4.01. The number of anilines is 2. The van der Waals surface area contributed by atoms with Crippen molar-refractivity contribution in [2.45, 2.75) is 65.2 Å². The molecule has 2 bridgehead atoms. The van der Waals surface area contributed by atoms with E-state index < -0.39 is 5.41 Å². The van der Waals surface area contributed by atoms with E-state index in [1.54, 1.807) is 24.1 Å². The van der Waals surface area contributed by atoms with Gasteiger partial charge < -0.3 is 15.5 Å². The number of hydrogen-bond acceptors (Lipinski definition) is 5. The molecule has 3 aliphatic rings. The van der Waals surface area contributed by atoms with Crippen molar-refractivity contribution < 1.29 is 24.0 Å². The lowest BCUT2D eigenvalue weighted by Crippen LogP contribution is -2.55. The number of amides is 5. The van der Waals surface area contributed by atoms with Crippen molar-refractivity contribution in [1.29, 1.82) is 0 Å². The van der Waals surface area contributed by atoms with Gasteiger partial charge >= 0.3 is 0 Å². The lowest BCUT2D eigenvalue weighted by atomic mass is 9.53. The lowest BCUT2D eigenvalue weighted by Gasteiger charge is -2.51. The molecule has 2 aromatic rings. The highest BCUT2D eigenvalue weighted by Gasteiger charge is 2.55. The van der Waals surface area contributed by atoms with Crippen molar-refractivity contribution in [3.63, 3.8) is 0 Å². The molecule has 0 heterocycles. The van der Waals surface area contributed by atoms with Crippen LogP contribution in [0.25, 0.3) is 0 Å². The maximum absolute atomic E-state index is 13.2. The topological polar surface area (TPSA) is 116 Å². The van der Waals surface area contributed by atoms with Gasteiger partial charge in [-0.3, -0.25) is 28.9 Å². The molecule has 3 saturated carbocycles. The first kappa shape index (κ1) is 30.0. The minimum atomic E-state index is -0.396. The van der Waals surface area contributed by atoms with Gasteiger partial charge in [-0.2, -0.15) is 0 Å². The molecule has 0 radical (unpaired) electrons. The van der Waals surface area contributed by atoms with Crippen LogP contribution in [0.1, 0.15) is 63.5 Å². The summed E-state index contributed by atoms with van der Waals surface area (Å²) in [6, 6.07) is 15.0. The summed E-state index contributed by atoms with van der Waals surface area (Å²) >= 11 is 0. The quantitative estimate of drug-likeness (QED) is 0.408. The molecule has 9 heteroatoms. The van der Waals surface area contributed by atoms with Crippen LogP contribution in [-0.2, 0) is 36.8 Å². The Morgan fingerprint density at radius 1 is 0.683 bits per heavy atom. The van der Waals surface area contributed by atoms with Crippen LogP contribution in [0.2, 0.25) is 0 Å². The van der Waals surface area contributed by atoms with E-state index in [0.717, 1.165) is 60.2 Å². The highest BCUT2D eigenvalue weighted by molar-refractivity contribution is 6.05. The molecule has 0 atom stereocenters. The number of nitrogens with one attached hydrogen (secondary N) is 2. The maximum atomic E-state index is 13.2. The van der Waals surface area contributed by atoms with Gasteiger partial charge in [-0.1, -0.05) is 24.3 Å². The number of imide groups is 1. The summed E-state index contributed by atoms with van der Waals surface area (Å²) in [7, 11) is 1.74. The van der Waals surface area contributed by atoms with Gasteiger partial charge in [-0.25, -0.2) is 0 Å². The molecule has 218 valence electrons. The van der Waals surface area contributed by atoms with Gasteiger partial charge in [0, 0.05) is 50.5 Å². The van der Waals surface area contributed by atoms with Crippen molar-refractivity contribution in [2.75, 3.05) is 29.9 Å². The minimum absolute atomic E-state index is 0.0200. The summed E-state index contributed by atoms with van der Waals surface area (Å²) in [6.45, 7) is 3.92. The normalized spacial score (nSPS) is 21.0. The number of benzene rings is 2. The Bertz CT molecular complexity index is 1260. The fraction of sp³-hybridized carbons (Fsp3) is 0.469. The second-order valence-corrected chi connectivity index (χ2v) is 11.5. The van der Waals surface area contributed by atoms with Crippen LogP contribution in [-0.4, -0.2) is 50.2 Å². The summed E-state index contributed by atoms with van der Waals surface area (Å²) < 4.78 is 0. The number of carbonyl (C=O) groups excluding carboxylic acids is 5. The Morgan fingerprint density at radius 3 is 1.41 bits per heavy atom. The molecule has 3 aliphatic carbocycles. The predicted octanol–water partition coefficient (Wildman–Crippen LogP) is 3.54. The highest BCUT2D eigenvalue weighted by Crippen LogP contribution is 2.57. The van der Waals surface area contributed by atoms with Crippen LogP contribution in [0.3, 0.4) is 0 Å². The van der Waals surface area contributed by atoms with Gasteiger partial charge in [0.05, 0.1) is 5.69 Å².